The molecular weight excluding hydrogens is 350 g/mol. The molecule has 5 heteroatoms. The molecule has 2 aromatic carbocycles. The molecule has 1 amide bonds. The maximum Gasteiger partial charge on any atom is 0.260 e. The number of carbonyl (C=O) groups excluding carboxylic acids is 1. The number of nitrogens with zero attached hydrogens (tertiary/aromatic N) is 1. The van der Waals surface area contributed by atoms with Crippen molar-refractivity contribution in [2.24, 2.45) is 0 Å². The Labute approximate surface area is 159 Å². The van der Waals surface area contributed by atoms with Crippen LogP contribution in [0.4, 0.5) is 0 Å². The van der Waals surface area contributed by atoms with Crippen LogP contribution in [0.25, 0.3) is 0 Å². The molecule has 138 valence electrons. The van der Waals surface area contributed by atoms with E-state index in [1.807, 2.05) is 35.2 Å². The number of rotatable bonds is 5. The van der Waals surface area contributed by atoms with Gasteiger partial charge in [-0.1, -0.05) is 36.2 Å². The molecule has 1 unspecified atom stereocenters. The molecule has 1 aliphatic heterocycles. The molecule has 1 fully saturated rings. The number of hydrogen-bond acceptors (Lipinski definition) is 3. The Hall–Kier alpha value is -2.20. The van der Waals surface area contributed by atoms with Crippen molar-refractivity contribution < 1.29 is 14.3 Å². The van der Waals surface area contributed by atoms with E-state index in [1.165, 1.54) is 5.56 Å². The summed E-state index contributed by atoms with van der Waals surface area (Å²) < 4.78 is 10.9. The van der Waals surface area contributed by atoms with Gasteiger partial charge in [-0.05, 0) is 42.7 Å². The van der Waals surface area contributed by atoms with Crippen LogP contribution in [0.2, 0.25) is 5.02 Å². The smallest absolute Gasteiger partial charge is 0.260 e. The van der Waals surface area contributed by atoms with Crippen molar-refractivity contribution in [2.75, 3.05) is 26.8 Å². The van der Waals surface area contributed by atoms with Gasteiger partial charge in [0.15, 0.2) is 6.61 Å². The first kappa shape index (κ1) is 18.6. The lowest BCUT2D eigenvalue weighted by Gasteiger charge is -2.25. The van der Waals surface area contributed by atoms with Crippen LogP contribution in [0.3, 0.4) is 0 Å². The lowest BCUT2D eigenvalue weighted by Crippen LogP contribution is -2.37. The third-order valence-corrected chi connectivity index (χ3v) is 5.02. The second-order valence-corrected chi connectivity index (χ2v) is 6.99. The maximum absolute atomic E-state index is 12.7. The van der Waals surface area contributed by atoms with Crippen LogP contribution in [0.5, 0.6) is 11.5 Å². The monoisotopic (exact) mass is 373 g/mol. The minimum absolute atomic E-state index is 0.0219. The van der Waals surface area contributed by atoms with E-state index in [9.17, 15) is 4.79 Å². The number of benzene rings is 2. The van der Waals surface area contributed by atoms with Gasteiger partial charge >= 0.3 is 0 Å². The molecule has 0 N–H and O–H groups in total. The van der Waals surface area contributed by atoms with E-state index in [0.717, 1.165) is 37.4 Å². The summed E-state index contributed by atoms with van der Waals surface area (Å²) in [6.45, 7) is 1.55. The molecule has 0 radical (unpaired) electrons. The molecule has 3 rings (SSSR count). The third kappa shape index (κ3) is 4.92. The normalized spacial score (nSPS) is 17.5. The summed E-state index contributed by atoms with van der Waals surface area (Å²) in [6, 6.07) is 15.3. The SMILES string of the molecule is COc1cccc(OCC(=O)N2CCCCC(c3ccc(Cl)cc3)C2)c1. The zero-order valence-corrected chi connectivity index (χ0v) is 15.7. The number of amides is 1. The molecule has 1 aliphatic rings. The Morgan fingerprint density at radius 2 is 1.92 bits per heavy atom. The fraction of sp³-hybridized carbons (Fsp3) is 0.381. The Morgan fingerprint density at radius 1 is 1.15 bits per heavy atom. The standard InChI is InChI=1S/C21H24ClNO3/c1-25-19-6-4-7-20(13-19)26-15-21(24)23-12-3-2-5-17(14-23)16-8-10-18(22)11-9-16/h4,6-11,13,17H,2-3,5,12,14-15H2,1H3. The van der Waals surface area contributed by atoms with Gasteiger partial charge in [0.25, 0.3) is 5.91 Å². The van der Waals surface area contributed by atoms with E-state index in [2.05, 4.69) is 12.1 Å². The van der Waals surface area contributed by atoms with E-state index in [-0.39, 0.29) is 12.5 Å². The Kier molecular flexibility index (Phi) is 6.40. The topological polar surface area (TPSA) is 38.8 Å². The first-order chi connectivity index (χ1) is 12.7. The van der Waals surface area contributed by atoms with Crippen molar-refractivity contribution in [3.63, 3.8) is 0 Å². The van der Waals surface area contributed by atoms with Crippen molar-refractivity contribution in [3.05, 3.63) is 59.1 Å². The van der Waals surface area contributed by atoms with E-state index < -0.39 is 0 Å². The van der Waals surface area contributed by atoms with Crippen LogP contribution in [0, 0.1) is 0 Å². The highest BCUT2D eigenvalue weighted by Gasteiger charge is 2.23. The molecule has 0 aliphatic carbocycles. The van der Waals surface area contributed by atoms with Gasteiger partial charge in [0.1, 0.15) is 11.5 Å². The van der Waals surface area contributed by atoms with Gasteiger partial charge in [-0.25, -0.2) is 0 Å². The summed E-state index contributed by atoms with van der Waals surface area (Å²) >= 11 is 5.99. The van der Waals surface area contributed by atoms with Crippen molar-refractivity contribution in [1.29, 1.82) is 0 Å². The highest BCUT2D eigenvalue weighted by atomic mass is 35.5. The summed E-state index contributed by atoms with van der Waals surface area (Å²) in [5.74, 6) is 1.72. The largest absolute Gasteiger partial charge is 0.497 e. The van der Waals surface area contributed by atoms with Crippen LogP contribution in [0.1, 0.15) is 30.7 Å². The van der Waals surface area contributed by atoms with E-state index >= 15 is 0 Å². The Bertz CT molecular complexity index is 732. The zero-order valence-electron chi connectivity index (χ0n) is 15.0. The van der Waals surface area contributed by atoms with E-state index in [0.29, 0.717) is 17.4 Å². The van der Waals surface area contributed by atoms with E-state index in [1.54, 1.807) is 13.2 Å². The van der Waals surface area contributed by atoms with Crippen LogP contribution in [-0.4, -0.2) is 37.6 Å². The summed E-state index contributed by atoms with van der Waals surface area (Å²) in [7, 11) is 1.61. The number of methoxy groups -OCH3 is 1. The summed E-state index contributed by atoms with van der Waals surface area (Å²) in [5.41, 5.74) is 1.24. The van der Waals surface area contributed by atoms with Crippen LogP contribution < -0.4 is 9.47 Å². The van der Waals surface area contributed by atoms with Gasteiger partial charge in [0, 0.05) is 30.1 Å². The molecule has 4 nitrogen and oxygen atoms in total. The van der Waals surface area contributed by atoms with Gasteiger partial charge in [0.05, 0.1) is 7.11 Å². The van der Waals surface area contributed by atoms with Crippen molar-refractivity contribution in [2.45, 2.75) is 25.2 Å². The highest BCUT2D eigenvalue weighted by molar-refractivity contribution is 6.30. The quantitative estimate of drug-likeness (QED) is 0.773. The number of carbonyl (C=O) groups is 1. The van der Waals surface area contributed by atoms with Crippen molar-refractivity contribution in [3.8, 4) is 11.5 Å². The first-order valence-electron chi connectivity index (χ1n) is 8.96. The van der Waals surface area contributed by atoms with Crippen LogP contribution in [0.15, 0.2) is 48.5 Å². The van der Waals surface area contributed by atoms with Gasteiger partial charge in [-0.3, -0.25) is 4.79 Å². The predicted molar refractivity (Wildman–Crippen MR) is 103 cm³/mol. The minimum Gasteiger partial charge on any atom is -0.497 e. The molecular formula is C21H24ClNO3. The second-order valence-electron chi connectivity index (χ2n) is 6.55. The molecule has 1 saturated heterocycles. The second kappa shape index (κ2) is 8.95. The number of likely N-dealkylation sites (tertiary alicyclic amines) is 1. The fourth-order valence-electron chi connectivity index (χ4n) is 3.30. The maximum atomic E-state index is 12.7. The van der Waals surface area contributed by atoms with Gasteiger partial charge in [-0.15, -0.1) is 0 Å². The lowest BCUT2D eigenvalue weighted by atomic mass is 9.94. The van der Waals surface area contributed by atoms with Crippen molar-refractivity contribution in [1.82, 2.24) is 4.90 Å². The van der Waals surface area contributed by atoms with Crippen LogP contribution >= 0.6 is 11.6 Å². The lowest BCUT2D eigenvalue weighted by molar-refractivity contribution is -0.133. The molecule has 0 bridgehead atoms. The van der Waals surface area contributed by atoms with Crippen molar-refractivity contribution >= 4 is 17.5 Å². The number of hydrogen-bond donors (Lipinski definition) is 0. The molecule has 0 saturated carbocycles. The molecule has 0 aromatic heterocycles. The number of ether oxygens (including phenoxy) is 2. The Balaban J connectivity index is 1.61. The summed E-state index contributed by atoms with van der Waals surface area (Å²) in [6.07, 6.45) is 3.23. The minimum atomic E-state index is 0.0219. The molecule has 26 heavy (non-hydrogen) atoms. The van der Waals surface area contributed by atoms with Gasteiger partial charge < -0.3 is 14.4 Å². The third-order valence-electron chi connectivity index (χ3n) is 4.77. The predicted octanol–water partition coefficient (Wildman–Crippen LogP) is 4.52. The zero-order chi connectivity index (χ0) is 18.4. The highest BCUT2D eigenvalue weighted by Crippen LogP contribution is 2.27. The Morgan fingerprint density at radius 3 is 2.69 bits per heavy atom. The van der Waals surface area contributed by atoms with E-state index in [4.69, 9.17) is 21.1 Å². The average Bonchev–Trinajstić information content (AvgIpc) is 2.93. The number of halogens is 1. The van der Waals surface area contributed by atoms with Crippen LogP contribution in [-0.2, 0) is 4.79 Å². The summed E-state index contributed by atoms with van der Waals surface area (Å²) in [4.78, 5) is 14.6. The molecule has 2 aromatic rings. The van der Waals surface area contributed by atoms with Gasteiger partial charge in [-0.2, -0.15) is 0 Å². The molecule has 1 atom stereocenters. The molecule has 0 spiro atoms. The molecule has 1 heterocycles. The fourth-order valence-corrected chi connectivity index (χ4v) is 3.43. The summed E-state index contributed by atoms with van der Waals surface area (Å²) in [5, 5.41) is 0.738. The average molecular weight is 374 g/mol. The van der Waals surface area contributed by atoms with Gasteiger partial charge in [0.2, 0.25) is 0 Å². The first-order valence-corrected chi connectivity index (χ1v) is 9.33.